The van der Waals surface area contributed by atoms with Gasteiger partial charge in [0.15, 0.2) is 0 Å². The molecule has 0 N–H and O–H groups in total. The Hall–Kier alpha value is -0.240. The molecule has 0 radical (unpaired) electrons. The first-order valence-electron chi connectivity index (χ1n) is 4.05. The van der Waals surface area contributed by atoms with Crippen molar-refractivity contribution in [3.63, 3.8) is 0 Å². The van der Waals surface area contributed by atoms with Crippen molar-refractivity contribution < 1.29 is 13.8 Å². The van der Waals surface area contributed by atoms with Gasteiger partial charge >= 0.3 is 73.5 Å². The van der Waals surface area contributed by atoms with Gasteiger partial charge in [-0.3, -0.25) is 0 Å². The van der Waals surface area contributed by atoms with E-state index in [4.69, 9.17) is 9.05 Å². The third kappa shape index (κ3) is 3.02. The van der Waals surface area contributed by atoms with E-state index in [2.05, 4.69) is 6.58 Å². The maximum atomic E-state index is 11.3. The number of rotatable bonds is 6. The Bertz CT molecular complexity index is 162. The maximum absolute atomic E-state index is 11.3. The summed E-state index contributed by atoms with van der Waals surface area (Å²) in [5.74, 6) is 0. The van der Waals surface area contributed by atoms with Crippen molar-refractivity contribution in [1.29, 1.82) is 0 Å². The van der Waals surface area contributed by atoms with E-state index in [1.54, 1.807) is 6.66 Å². The van der Waals surface area contributed by atoms with Gasteiger partial charge in [-0.1, -0.05) is 0 Å². The molecule has 0 aromatic heterocycles. The van der Waals surface area contributed by atoms with Crippen molar-refractivity contribution in [2.45, 2.75) is 13.8 Å². The quantitative estimate of drug-likeness (QED) is 0.477. The third-order valence-electron chi connectivity index (χ3n) is 1.47. The molecule has 3 nitrogen and oxygen atoms in total. The molecule has 0 spiro atoms. The van der Waals surface area contributed by atoms with Crippen molar-refractivity contribution in [3.8, 4) is 0 Å². The summed E-state index contributed by atoms with van der Waals surface area (Å²) in [5.41, 5.74) is -0.105. The second-order valence-electron chi connectivity index (χ2n) is 2.38. The van der Waals surface area contributed by atoms with Gasteiger partial charge in [-0.25, -0.2) is 0 Å². The van der Waals surface area contributed by atoms with Crippen LogP contribution < -0.4 is 0 Å². The van der Waals surface area contributed by atoms with Gasteiger partial charge in [0.2, 0.25) is 0 Å². The van der Waals surface area contributed by atoms with Crippen LogP contribution in [0.4, 0.5) is 0 Å². The molecule has 12 heavy (non-hydrogen) atoms. The SMILES string of the molecule is C=CC(=O)[PH](C)(OCC)OCC. The molecule has 0 aromatic rings. The molecule has 72 valence electrons. The normalized spacial score (nSPS) is 12.6. The van der Waals surface area contributed by atoms with Gasteiger partial charge in [0.1, 0.15) is 0 Å². The van der Waals surface area contributed by atoms with Gasteiger partial charge < -0.3 is 0 Å². The molecule has 0 aliphatic carbocycles. The summed E-state index contributed by atoms with van der Waals surface area (Å²) in [6.07, 6.45) is 1.28. The van der Waals surface area contributed by atoms with E-state index in [0.29, 0.717) is 13.2 Å². The molecule has 0 amide bonds. The Balaban J connectivity index is 4.36. The topological polar surface area (TPSA) is 35.5 Å². The fourth-order valence-corrected chi connectivity index (χ4v) is 2.76. The van der Waals surface area contributed by atoms with E-state index in [1.807, 2.05) is 13.8 Å². The molecule has 0 saturated heterocycles. The van der Waals surface area contributed by atoms with Crippen molar-refractivity contribution in [1.82, 2.24) is 0 Å². The first-order valence-corrected chi connectivity index (χ1v) is 6.37. The van der Waals surface area contributed by atoms with Gasteiger partial charge in [-0.15, -0.1) is 0 Å². The molecule has 0 heterocycles. The van der Waals surface area contributed by atoms with Crippen LogP contribution in [0.15, 0.2) is 12.7 Å². The summed E-state index contributed by atoms with van der Waals surface area (Å²) in [6.45, 7) is 9.86. The minimum absolute atomic E-state index is 0.105. The summed E-state index contributed by atoms with van der Waals surface area (Å²) < 4.78 is 10.6. The summed E-state index contributed by atoms with van der Waals surface area (Å²) in [4.78, 5) is 11.3. The zero-order valence-electron chi connectivity index (χ0n) is 7.92. The van der Waals surface area contributed by atoms with Crippen LogP contribution in [-0.4, -0.2) is 25.4 Å². The van der Waals surface area contributed by atoms with Crippen molar-refractivity contribution in [2.75, 3.05) is 19.9 Å². The van der Waals surface area contributed by atoms with E-state index in [1.165, 1.54) is 6.08 Å². The molecule has 0 rings (SSSR count). The zero-order chi connectivity index (χ0) is 9.61. The molecule has 0 fully saturated rings. The Morgan fingerprint density at radius 2 is 1.83 bits per heavy atom. The van der Waals surface area contributed by atoms with Gasteiger partial charge in [-0.2, -0.15) is 0 Å². The molecule has 4 heteroatoms. The van der Waals surface area contributed by atoms with Crippen molar-refractivity contribution >= 4 is 13.2 Å². The van der Waals surface area contributed by atoms with Crippen LogP contribution in [-0.2, 0) is 13.8 Å². The Kier molecular flexibility index (Phi) is 5.31. The van der Waals surface area contributed by atoms with Crippen LogP contribution >= 0.6 is 7.72 Å². The third-order valence-corrected chi connectivity index (χ3v) is 4.25. The second kappa shape index (κ2) is 5.41. The Morgan fingerprint density at radius 1 is 1.42 bits per heavy atom. The molecule has 0 atom stereocenters. The first kappa shape index (κ1) is 11.8. The van der Waals surface area contributed by atoms with Crippen molar-refractivity contribution in [3.05, 3.63) is 12.7 Å². The predicted octanol–water partition coefficient (Wildman–Crippen LogP) is 1.98. The fraction of sp³-hybridized carbons (Fsp3) is 0.625. The number of hydrogen-bond donors (Lipinski definition) is 0. The van der Waals surface area contributed by atoms with Crippen LogP contribution in [0.5, 0.6) is 0 Å². The van der Waals surface area contributed by atoms with Gasteiger partial charge in [0.25, 0.3) is 0 Å². The minimum atomic E-state index is -2.61. The van der Waals surface area contributed by atoms with E-state index >= 15 is 0 Å². The van der Waals surface area contributed by atoms with Crippen LogP contribution in [0.3, 0.4) is 0 Å². The molecule has 0 bridgehead atoms. The molecule has 0 aliphatic heterocycles. The molecular weight excluding hydrogens is 175 g/mol. The van der Waals surface area contributed by atoms with Crippen LogP contribution in [0, 0.1) is 0 Å². The first-order chi connectivity index (χ1) is 5.60. The van der Waals surface area contributed by atoms with E-state index in [9.17, 15) is 4.79 Å². The fourth-order valence-electron chi connectivity index (χ4n) is 0.920. The summed E-state index contributed by atoms with van der Waals surface area (Å²) in [5, 5.41) is 0. The van der Waals surface area contributed by atoms with E-state index < -0.39 is 7.72 Å². The predicted molar refractivity (Wildman–Crippen MR) is 52.7 cm³/mol. The van der Waals surface area contributed by atoms with E-state index in [0.717, 1.165) is 0 Å². The molecule has 0 unspecified atom stereocenters. The monoisotopic (exact) mass is 192 g/mol. The summed E-state index contributed by atoms with van der Waals surface area (Å²) >= 11 is 0. The number of carbonyl (C=O) groups excluding carboxylic acids is 1. The molecular formula is C8H17O3P. The summed E-state index contributed by atoms with van der Waals surface area (Å²) in [6, 6.07) is 0. The van der Waals surface area contributed by atoms with Crippen LogP contribution in [0.25, 0.3) is 0 Å². The zero-order valence-corrected chi connectivity index (χ0v) is 8.92. The number of hydrogen-bond acceptors (Lipinski definition) is 3. The number of carbonyl (C=O) groups is 1. The average Bonchev–Trinajstić information content (AvgIpc) is 2.04. The molecule has 0 saturated carbocycles. The van der Waals surface area contributed by atoms with Crippen LogP contribution in [0.2, 0.25) is 0 Å². The Labute approximate surface area is 74.3 Å². The molecule has 0 aliphatic rings. The van der Waals surface area contributed by atoms with Gasteiger partial charge in [0.05, 0.1) is 0 Å². The standard InChI is InChI=1S/C8H17O3P/c1-5-8(9)12(4,10-6-2)11-7-3/h5,12H,1,6-7H2,2-4H3. The Morgan fingerprint density at radius 3 is 2.08 bits per heavy atom. The van der Waals surface area contributed by atoms with E-state index in [-0.39, 0.29) is 5.52 Å². The number of allylic oxidation sites excluding steroid dienone is 1. The second-order valence-corrected chi connectivity index (χ2v) is 5.34. The van der Waals surface area contributed by atoms with Gasteiger partial charge in [-0.05, 0) is 0 Å². The van der Waals surface area contributed by atoms with Gasteiger partial charge in [0, 0.05) is 0 Å². The average molecular weight is 192 g/mol. The summed E-state index contributed by atoms with van der Waals surface area (Å²) in [7, 11) is -2.61. The molecule has 0 aromatic carbocycles. The van der Waals surface area contributed by atoms with Crippen molar-refractivity contribution in [2.24, 2.45) is 0 Å². The van der Waals surface area contributed by atoms with Crippen LogP contribution in [0.1, 0.15) is 13.8 Å².